The van der Waals surface area contributed by atoms with Crippen molar-refractivity contribution >= 4 is 37.2 Å². The van der Waals surface area contributed by atoms with Gasteiger partial charge in [-0.15, -0.1) is 11.3 Å². The van der Waals surface area contributed by atoms with Crippen LogP contribution >= 0.6 is 11.3 Å². The molecule has 3 nitrogen and oxygen atoms in total. The first-order chi connectivity index (χ1) is 10.3. The molecule has 0 spiro atoms. The van der Waals surface area contributed by atoms with E-state index in [-0.39, 0.29) is 5.43 Å². The molecule has 3 aromatic rings. The third kappa shape index (κ3) is 2.11. The van der Waals surface area contributed by atoms with Crippen LogP contribution in [0.3, 0.4) is 0 Å². The average Bonchev–Trinajstić information content (AvgIpc) is 2.55. The van der Waals surface area contributed by atoms with E-state index < -0.39 is 0 Å². The van der Waals surface area contributed by atoms with Gasteiger partial charge in [0, 0.05) is 46.7 Å². The summed E-state index contributed by atoms with van der Waals surface area (Å²) in [6.45, 7) is 3.86. The van der Waals surface area contributed by atoms with E-state index >= 15 is 0 Å². The number of hydrogen-bond acceptors (Lipinski definition) is 4. The topological polar surface area (TPSA) is 32.3 Å². The zero-order valence-electron chi connectivity index (χ0n) is 11.6. The molecule has 0 bridgehead atoms. The van der Waals surface area contributed by atoms with Crippen molar-refractivity contribution in [2.75, 3.05) is 31.1 Å². The number of fused-ring (bicyclic) bond motifs is 2. The molecule has 1 N–H and O–H groups in total. The Labute approximate surface area is 126 Å². The normalized spacial score (nSPS) is 15.7. The summed E-state index contributed by atoms with van der Waals surface area (Å²) in [7, 11) is 0. The average molecular weight is 296 g/mol. The van der Waals surface area contributed by atoms with Crippen LogP contribution < -0.4 is 15.6 Å². The number of anilines is 1. The number of nitrogens with zero attached hydrogens (tertiary/aromatic N) is 1. The van der Waals surface area contributed by atoms with Gasteiger partial charge in [0.2, 0.25) is 0 Å². The van der Waals surface area contributed by atoms with E-state index in [2.05, 4.69) is 28.4 Å². The summed E-state index contributed by atoms with van der Waals surface area (Å²) in [6.07, 6.45) is 0. The molecule has 0 radical (unpaired) electrons. The van der Waals surface area contributed by atoms with Gasteiger partial charge in [-0.25, -0.2) is 0 Å². The van der Waals surface area contributed by atoms with Gasteiger partial charge in [0.25, 0.3) is 0 Å². The Morgan fingerprint density at radius 2 is 1.71 bits per heavy atom. The fourth-order valence-corrected chi connectivity index (χ4v) is 4.10. The quantitative estimate of drug-likeness (QED) is 0.701. The Hall–Kier alpha value is -1.91. The fraction of sp³-hybridized carbons (Fsp3) is 0.235. The van der Waals surface area contributed by atoms with Gasteiger partial charge in [-0.3, -0.25) is 4.79 Å². The van der Waals surface area contributed by atoms with E-state index in [1.807, 2.05) is 24.3 Å². The highest BCUT2D eigenvalue weighted by Gasteiger charge is 2.16. The molecule has 0 aliphatic carbocycles. The molecule has 0 unspecified atom stereocenters. The van der Waals surface area contributed by atoms with Crippen LogP contribution in [0.4, 0.5) is 5.69 Å². The highest BCUT2D eigenvalue weighted by Crippen LogP contribution is 2.30. The molecule has 2 aromatic carbocycles. The Bertz CT molecular complexity index is 865. The van der Waals surface area contributed by atoms with Gasteiger partial charge in [0.15, 0.2) is 5.43 Å². The second-order valence-corrected chi connectivity index (χ2v) is 6.40. The van der Waals surface area contributed by atoms with Crippen LogP contribution in [-0.4, -0.2) is 26.2 Å². The van der Waals surface area contributed by atoms with Crippen molar-refractivity contribution in [2.24, 2.45) is 0 Å². The molecule has 4 rings (SSSR count). The number of benzene rings is 2. The van der Waals surface area contributed by atoms with Crippen LogP contribution in [0, 0.1) is 0 Å². The molecule has 0 atom stereocenters. The Morgan fingerprint density at radius 3 is 2.57 bits per heavy atom. The predicted molar refractivity (Wildman–Crippen MR) is 90.7 cm³/mol. The fourth-order valence-electron chi connectivity index (χ4n) is 3.00. The number of rotatable bonds is 1. The molecule has 4 heteroatoms. The summed E-state index contributed by atoms with van der Waals surface area (Å²) >= 11 is 1.70. The van der Waals surface area contributed by atoms with Crippen LogP contribution in [0.1, 0.15) is 0 Å². The second-order valence-electron chi connectivity index (χ2n) is 5.31. The molecule has 21 heavy (non-hydrogen) atoms. The summed E-state index contributed by atoms with van der Waals surface area (Å²) in [4.78, 5) is 15.2. The molecule has 1 aliphatic heterocycles. The minimum atomic E-state index is 0.161. The van der Waals surface area contributed by atoms with E-state index in [1.54, 1.807) is 11.3 Å². The van der Waals surface area contributed by atoms with Gasteiger partial charge < -0.3 is 10.2 Å². The Morgan fingerprint density at radius 1 is 0.952 bits per heavy atom. The SMILES string of the molecule is O=c1c2ccccc2sc2cccc(N3CCNCC3)c12. The third-order valence-electron chi connectivity index (χ3n) is 4.04. The third-order valence-corrected chi connectivity index (χ3v) is 5.18. The number of piperazine rings is 1. The first-order valence-corrected chi connectivity index (χ1v) is 8.06. The molecule has 0 amide bonds. The molecule has 0 saturated carbocycles. The summed E-state index contributed by atoms with van der Waals surface area (Å²) in [5.74, 6) is 0. The lowest BCUT2D eigenvalue weighted by atomic mass is 10.1. The molecule has 2 heterocycles. The van der Waals surface area contributed by atoms with Crippen LogP contribution in [0.25, 0.3) is 20.2 Å². The molecule has 106 valence electrons. The van der Waals surface area contributed by atoms with Gasteiger partial charge in [-0.2, -0.15) is 0 Å². The van der Waals surface area contributed by atoms with Crippen LogP contribution in [-0.2, 0) is 0 Å². The molecule has 1 aromatic heterocycles. The zero-order valence-corrected chi connectivity index (χ0v) is 12.5. The van der Waals surface area contributed by atoms with E-state index in [0.29, 0.717) is 0 Å². The van der Waals surface area contributed by atoms with Crippen molar-refractivity contribution in [3.63, 3.8) is 0 Å². The van der Waals surface area contributed by atoms with Crippen molar-refractivity contribution in [1.29, 1.82) is 0 Å². The van der Waals surface area contributed by atoms with Crippen LogP contribution in [0.2, 0.25) is 0 Å². The highest BCUT2D eigenvalue weighted by atomic mass is 32.1. The lowest BCUT2D eigenvalue weighted by Crippen LogP contribution is -2.43. The lowest BCUT2D eigenvalue weighted by Gasteiger charge is -2.30. The monoisotopic (exact) mass is 296 g/mol. The lowest BCUT2D eigenvalue weighted by molar-refractivity contribution is 0.590. The zero-order chi connectivity index (χ0) is 14.2. The van der Waals surface area contributed by atoms with Crippen LogP contribution in [0.5, 0.6) is 0 Å². The number of nitrogens with one attached hydrogen (secondary N) is 1. The van der Waals surface area contributed by atoms with Gasteiger partial charge in [-0.05, 0) is 24.3 Å². The van der Waals surface area contributed by atoms with E-state index in [0.717, 1.165) is 52.0 Å². The Balaban J connectivity index is 2.03. The van der Waals surface area contributed by atoms with Crippen molar-refractivity contribution in [2.45, 2.75) is 0 Å². The highest BCUT2D eigenvalue weighted by molar-refractivity contribution is 7.24. The summed E-state index contributed by atoms with van der Waals surface area (Å²) in [5, 5.41) is 5.07. The molecule has 1 fully saturated rings. The van der Waals surface area contributed by atoms with Crippen LogP contribution in [0.15, 0.2) is 47.3 Å². The standard InChI is InChI=1S/C17H16N2OS/c20-17-12-4-1-2-6-14(12)21-15-7-3-5-13(16(15)17)19-10-8-18-9-11-19/h1-7,18H,8-11H2. The van der Waals surface area contributed by atoms with E-state index in [4.69, 9.17) is 0 Å². The predicted octanol–water partition coefficient (Wildman–Crippen LogP) is 2.82. The minimum Gasteiger partial charge on any atom is -0.368 e. The van der Waals surface area contributed by atoms with Crippen molar-refractivity contribution in [3.8, 4) is 0 Å². The first kappa shape index (κ1) is 12.8. The minimum absolute atomic E-state index is 0.161. The van der Waals surface area contributed by atoms with Crippen molar-refractivity contribution in [1.82, 2.24) is 5.32 Å². The molecule has 1 saturated heterocycles. The second kappa shape index (κ2) is 5.13. The summed E-state index contributed by atoms with van der Waals surface area (Å²) < 4.78 is 2.14. The summed E-state index contributed by atoms with van der Waals surface area (Å²) in [5.41, 5.74) is 1.24. The molecular weight excluding hydrogens is 280 g/mol. The first-order valence-electron chi connectivity index (χ1n) is 7.25. The van der Waals surface area contributed by atoms with Gasteiger partial charge in [-0.1, -0.05) is 18.2 Å². The van der Waals surface area contributed by atoms with Gasteiger partial charge in [0.05, 0.1) is 5.39 Å². The van der Waals surface area contributed by atoms with E-state index in [1.165, 1.54) is 0 Å². The maximum atomic E-state index is 12.9. The van der Waals surface area contributed by atoms with Crippen molar-refractivity contribution < 1.29 is 0 Å². The Kier molecular flexibility index (Phi) is 3.13. The van der Waals surface area contributed by atoms with Crippen molar-refractivity contribution in [3.05, 3.63) is 52.7 Å². The maximum absolute atomic E-state index is 12.9. The molecular formula is C17H16N2OS. The van der Waals surface area contributed by atoms with E-state index in [9.17, 15) is 4.79 Å². The van der Waals surface area contributed by atoms with Gasteiger partial charge in [0.1, 0.15) is 0 Å². The maximum Gasteiger partial charge on any atom is 0.197 e. The largest absolute Gasteiger partial charge is 0.368 e. The smallest absolute Gasteiger partial charge is 0.197 e. The number of hydrogen-bond donors (Lipinski definition) is 1. The van der Waals surface area contributed by atoms with Gasteiger partial charge >= 0.3 is 0 Å². The molecule has 1 aliphatic rings. The summed E-state index contributed by atoms with van der Waals surface area (Å²) in [6, 6.07) is 14.1.